The van der Waals surface area contributed by atoms with Gasteiger partial charge in [0.05, 0.1) is 17.2 Å². The highest BCUT2D eigenvalue weighted by molar-refractivity contribution is 9.10. The fourth-order valence-electron chi connectivity index (χ4n) is 1.03. The summed E-state index contributed by atoms with van der Waals surface area (Å²) in [6, 6.07) is 3.31. The Hall–Kier alpha value is -1.54. The summed E-state index contributed by atoms with van der Waals surface area (Å²) in [5.41, 5.74) is 5.90. The highest BCUT2D eigenvalue weighted by atomic mass is 79.9. The largest absolute Gasteiger partial charge is 0.392 e. The quantitative estimate of drug-likeness (QED) is 0.553. The number of pyridine rings is 1. The van der Waals surface area contributed by atoms with Crippen LogP contribution in [-0.2, 0) is 9.59 Å². The molecule has 8 heteroatoms. The van der Waals surface area contributed by atoms with Crippen molar-refractivity contribution in [1.29, 1.82) is 0 Å². The number of nitrogens with zero attached hydrogens (tertiary/aromatic N) is 1. The highest BCUT2D eigenvalue weighted by Crippen LogP contribution is 2.15. The van der Waals surface area contributed by atoms with E-state index in [4.69, 9.17) is 5.73 Å². The molecule has 1 aromatic heterocycles. The number of thiocarbonyl (C=S) groups is 1. The first-order valence-corrected chi connectivity index (χ1v) is 6.11. The monoisotopic (exact) mass is 330 g/mol. The lowest BCUT2D eigenvalue weighted by Gasteiger charge is -2.06. The number of anilines is 1. The highest BCUT2D eigenvalue weighted by Gasteiger charge is 2.14. The zero-order valence-corrected chi connectivity index (χ0v) is 11.9. The topological polar surface area (TPSA) is 97.1 Å². The number of carbonyl (C=O) groups excluding carboxylic acids is 2. The van der Waals surface area contributed by atoms with E-state index in [9.17, 15) is 9.59 Å². The number of aryl methyl sites for hydroxylation is 1. The molecule has 0 aliphatic heterocycles. The molecule has 96 valence electrons. The first kappa shape index (κ1) is 14.5. The van der Waals surface area contributed by atoms with Gasteiger partial charge in [0, 0.05) is 4.47 Å². The van der Waals surface area contributed by atoms with Crippen LogP contribution >= 0.6 is 28.1 Å². The molecule has 4 N–H and O–H groups in total. The minimum atomic E-state index is -0.819. The maximum atomic E-state index is 11.5. The molecule has 1 aromatic rings. The number of halogens is 1. The fraction of sp³-hybridized carbons (Fsp3) is 0.200. The maximum absolute atomic E-state index is 11.5. The number of hydrogen-bond acceptors (Lipinski definition) is 4. The van der Waals surface area contributed by atoms with Crippen molar-refractivity contribution >= 4 is 50.8 Å². The van der Waals surface area contributed by atoms with Crippen LogP contribution in [-0.4, -0.2) is 28.3 Å². The van der Waals surface area contributed by atoms with Crippen molar-refractivity contribution in [2.24, 2.45) is 5.73 Å². The summed E-state index contributed by atoms with van der Waals surface area (Å²) in [5, 5.41) is 4.64. The first-order chi connectivity index (χ1) is 8.40. The summed E-state index contributed by atoms with van der Waals surface area (Å²) >= 11 is 7.86. The Labute approximate surface area is 117 Å². The number of nitrogens with one attached hydrogen (secondary N) is 2. The SMILES string of the molecule is Cc1nc(NC(=O)C(=O)NCC(N)=S)ccc1Br. The molecule has 0 aliphatic rings. The van der Waals surface area contributed by atoms with Crippen molar-refractivity contribution < 1.29 is 9.59 Å². The molecular weight excluding hydrogens is 320 g/mol. The normalized spacial score (nSPS) is 9.67. The summed E-state index contributed by atoms with van der Waals surface area (Å²) < 4.78 is 0.818. The molecule has 0 unspecified atom stereocenters. The Kier molecular flexibility index (Phi) is 5.17. The van der Waals surface area contributed by atoms with Gasteiger partial charge in [0.2, 0.25) is 0 Å². The molecule has 1 heterocycles. The molecule has 0 saturated carbocycles. The van der Waals surface area contributed by atoms with Gasteiger partial charge in [0.25, 0.3) is 0 Å². The van der Waals surface area contributed by atoms with Crippen molar-refractivity contribution in [3.05, 3.63) is 22.3 Å². The number of aromatic nitrogens is 1. The van der Waals surface area contributed by atoms with Crippen molar-refractivity contribution in [3.63, 3.8) is 0 Å². The van der Waals surface area contributed by atoms with E-state index in [1.54, 1.807) is 19.1 Å². The Morgan fingerprint density at radius 1 is 1.44 bits per heavy atom. The lowest BCUT2D eigenvalue weighted by Crippen LogP contribution is -2.39. The van der Waals surface area contributed by atoms with Crippen LogP contribution in [0.3, 0.4) is 0 Å². The molecular formula is C10H11BrN4O2S. The molecule has 0 fully saturated rings. The predicted molar refractivity (Wildman–Crippen MR) is 75.1 cm³/mol. The van der Waals surface area contributed by atoms with Gasteiger partial charge in [-0.3, -0.25) is 9.59 Å². The van der Waals surface area contributed by atoms with Crippen molar-refractivity contribution in [2.45, 2.75) is 6.92 Å². The van der Waals surface area contributed by atoms with Gasteiger partial charge in [-0.05, 0) is 35.0 Å². The molecule has 0 saturated heterocycles. The minimum absolute atomic E-state index is 0.0195. The van der Waals surface area contributed by atoms with E-state index in [0.29, 0.717) is 11.5 Å². The van der Waals surface area contributed by atoms with Gasteiger partial charge in [-0.1, -0.05) is 12.2 Å². The van der Waals surface area contributed by atoms with E-state index in [-0.39, 0.29) is 11.5 Å². The third-order valence-corrected chi connectivity index (χ3v) is 2.87. The van der Waals surface area contributed by atoms with Gasteiger partial charge in [0.15, 0.2) is 0 Å². The standard InChI is InChI=1S/C10H11BrN4O2S/c1-5-6(11)2-3-8(14-5)15-10(17)9(16)13-4-7(12)18/h2-3H,4H2,1H3,(H2,12,18)(H,13,16)(H,14,15,17). The summed E-state index contributed by atoms with van der Waals surface area (Å²) in [6.45, 7) is 1.75. The van der Waals surface area contributed by atoms with Gasteiger partial charge < -0.3 is 16.4 Å². The van der Waals surface area contributed by atoms with E-state index < -0.39 is 11.8 Å². The number of rotatable bonds is 3. The molecule has 1 rings (SSSR count). The maximum Gasteiger partial charge on any atom is 0.314 e. The summed E-state index contributed by atoms with van der Waals surface area (Å²) in [4.78, 5) is 27.0. The smallest absolute Gasteiger partial charge is 0.314 e. The third-order valence-electron chi connectivity index (χ3n) is 1.89. The van der Waals surface area contributed by atoms with Crippen LogP contribution in [0.4, 0.5) is 5.82 Å². The molecule has 0 aromatic carbocycles. The molecule has 0 atom stereocenters. The predicted octanol–water partition coefficient (Wildman–Crippen LogP) is 0.493. The summed E-state index contributed by atoms with van der Waals surface area (Å²) in [7, 11) is 0. The van der Waals surface area contributed by atoms with Crippen LogP contribution in [0.25, 0.3) is 0 Å². The van der Waals surface area contributed by atoms with Gasteiger partial charge in [-0.2, -0.15) is 0 Å². The molecule has 18 heavy (non-hydrogen) atoms. The third kappa shape index (κ3) is 4.38. The molecule has 6 nitrogen and oxygen atoms in total. The summed E-state index contributed by atoms with van der Waals surface area (Å²) in [6.07, 6.45) is 0. The second-order valence-corrected chi connectivity index (χ2v) is 4.75. The Balaban J connectivity index is 2.61. The lowest BCUT2D eigenvalue weighted by molar-refractivity contribution is -0.136. The van der Waals surface area contributed by atoms with E-state index in [1.807, 2.05) is 0 Å². The van der Waals surface area contributed by atoms with E-state index in [1.165, 1.54) is 0 Å². The van der Waals surface area contributed by atoms with Crippen LogP contribution in [0.5, 0.6) is 0 Å². The Bertz CT molecular complexity index is 507. The van der Waals surface area contributed by atoms with Crippen LogP contribution in [0.2, 0.25) is 0 Å². The first-order valence-electron chi connectivity index (χ1n) is 4.91. The van der Waals surface area contributed by atoms with Gasteiger partial charge in [-0.15, -0.1) is 0 Å². The van der Waals surface area contributed by atoms with Crippen LogP contribution in [0.15, 0.2) is 16.6 Å². The van der Waals surface area contributed by atoms with E-state index in [0.717, 1.165) is 4.47 Å². The number of amides is 2. The van der Waals surface area contributed by atoms with Gasteiger partial charge in [0.1, 0.15) is 5.82 Å². The molecule has 0 bridgehead atoms. The molecule has 0 aliphatic carbocycles. The zero-order valence-electron chi connectivity index (χ0n) is 9.49. The van der Waals surface area contributed by atoms with Crippen LogP contribution in [0.1, 0.15) is 5.69 Å². The Morgan fingerprint density at radius 3 is 2.67 bits per heavy atom. The van der Waals surface area contributed by atoms with E-state index in [2.05, 4.69) is 43.8 Å². The Morgan fingerprint density at radius 2 is 2.11 bits per heavy atom. The van der Waals surface area contributed by atoms with Crippen molar-refractivity contribution in [3.8, 4) is 0 Å². The second-order valence-electron chi connectivity index (χ2n) is 3.37. The van der Waals surface area contributed by atoms with E-state index >= 15 is 0 Å². The summed E-state index contributed by atoms with van der Waals surface area (Å²) in [5.74, 6) is -1.34. The number of carbonyl (C=O) groups is 2. The van der Waals surface area contributed by atoms with Crippen LogP contribution in [0, 0.1) is 6.92 Å². The average molecular weight is 331 g/mol. The minimum Gasteiger partial charge on any atom is -0.392 e. The van der Waals surface area contributed by atoms with Gasteiger partial charge >= 0.3 is 11.8 Å². The molecule has 0 radical (unpaired) electrons. The zero-order chi connectivity index (χ0) is 13.7. The second kappa shape index (κ2) is 6.41. The van der Waals surface area contributed by atoms with Crippen molar-refractivity contribution in [2.75, 3.05) is 11.9 Å². The fourth-order valence-corrected chi connectivity index (χ4v) is 1.33. The number of hydrogen-bond donors (Lipinski definition) is 3. The van der Waals surface area contributed by atoms with Crippen molar-refractivity contribution in [1.82, 2.24) is 10.3 Å². The number of nitrogens with two attached hydrogens (primary N) is 1. The van der Waals surface area contributed by atoms with Gasteiger partial charge in [-0.25, -0.2) is 4.98 Å². The average Bonchev–Trinajstić information content (AvgIpc) is 2.30. The molecule has 2 amide bonds. The van der Waals surface area contributed by atoms with Crippen LogP contribution < -0.4 is 16.4 Å². The lowest BCUT2D eigenvalue weighted by atomic mass is 10.3. The molecule has 0 spiro atoms.